The van der Waals surface area contributed by atoms with Gasteiger partial charge < -0.3 is 19.9 Å². The van der Waals surface area contributed by atoms with Gasteiger partial charge in [0.25, 0.3) is 11.9 Å². The molecule has 4 aromatic rings. The lowest BCUT2D eigenvalue weighted by Crippen LogP contribution is -2.44. The van der Waals surface area contributed by atoms with Gasteiger partial charge in [-0.3, -0.25) is 9.69 Å². The van der Waals surface area contributed by atoms with Gasteiger partial charge in [-0.25, -0.2) is 4.39 Å². The Kier molecular flexibility index (Phi) is 9.98. The molecule has 2 aromatic carbocycles. The first-order chi connectivity index (χ1) is 23.4. The van der Waals surface area contributed by atoms with E-state index in [9.17, 15) is 9.18 Å². The SMILES string of the molecule is O=C(NC1CCN(Cc2cn(-c3nc(N4CCCCC4)nc(N4CCOCC4)n3)nn2)CC1)c1ccc(F)cc1-c1ccc(Cl)c(Cl)c1. The zero-order chi connectivity index (χ0) is 33.0. The first-order valence-electron chi connectivity index (χ1n) is 16.4. The molecule has 0 atom stereocenters. The molecule has 12 nitrogen and oxygen atoms in total. The van der Waals surface area contributed by atoms with Crippen LogP contribution in [0.1, 0.15) is 48.2 Å². The highest BCUT2D eigenvalue weighted by molar-refractivity contribution is 6.42. The van der Waals surface area contributed by atoms with Crippen LogP contribution in [0.2, 0.25) is 10.0 Å². The molecule has 1 N–H and O–H groups in total. The summed E-state index contributed by atoms with van der Waals surface area (Å²) in [6, 6.07) is 9.13. The highest BCUT2D eigenvalue weighted by Gasteiger charge is 2.25. The number of hydrogen-bond donors (Lipinski definition) is 1. The fraction of sp³-hybridized carbons (Fsp3) is 0.455. The van der Waals surface area contributed by atoms with E-state index in [1.807, 2.05) is 6.20 Å². The molecule has 3 aliphatic heterocycles. The van der Waals surface area contributed by atoms with Crippen LogP contribution < -0.4 is 15.1 Å². The summed E-state index contributed by atoms with van der Waals surface area (Å²) in [6.07, 6.45) is 6.86. The topological polar surface area (TPSA) is 117 Å². The monoisotopic (exact) mass is 694 g/mol. The molecule has 0 spiro atoms. The molecule has 0 unspecified atom stereocenters. The minimum Gasteiger partial charge on any atom is -0.378 e. The van der Waals surface area contributed by atoms with Crippen molar-refractivity contribution < 1.29 is 13.9 Å². The number of hydrogen-bond acceptors (Lipinski definition) is 10. The summed E-state index contributed by atoms with van der Waals surface area (Å²) in [6.45, 7) is 6.73. The lowest BCUT2D eigenvalue weighted by atomic mass is 9.98. The Hall–Kier alpha value is -3.91. The van der Waals surface area contributed by atoms with Crippen LogP contribution in [0.15, 0.2) is 42.6 Å². The molecule has 3 saturated heterocycles. The Balaban J connectivity index is 0.990. The van der Waals surface area contributed by atoms with Gasteiger partial charge in [-0.05, 0) is 73.6 Å². The largest absolute Gasteiger partial charge is 0.378 e. The van der Waals surface area contributed by atoms with E-state index in [-0.39, 0.29) is 11.9 Å². The average Bonchev–Trinajstić information content (AvgIpc) is 3.59. The fourth-order valence-electron chi connectivity index (χ4n) is 6.40. The van der Waals surface area contributed by atoms with Crippen molar-refractivity contribution in [1.29, 1.82) is 0 Å². The molecule has 0 saturated carbocycles. The number of morpholine rings is 1. The fourth-order valence-corrected chi connectivity index (χ4v) is 6.70. The van der Waals surface area contributed by atoms with Crippen LogP contribution in [0.4, 0.5) is 16.3 Å². The lowest BCUT2D eigenvalue weighted by molar-refractivity contribution is 0.0909. The van der Waals surface area contributed by atoms with E-state index in [4.69, 9.17) is 42.9 Å². The van der Waals surface area contributed by atoms with Crippen molar-refractivity contribution >= 4 is 41.0 Å². The highest BCUT2D eigenvalue weighted by atomic mass is 35.5. The van der Waals surface area contributed by atoms with Crippen LogP contribution in [-0.4, -0.2) is 99.3 Å². The summed E-state index contributed by atoms with van der Waals surface area (Å²) in [5, 5.41) is 12.7. The Morgan fingerprint density at radius 2 is 1.56 bits per heavy atom. The minimum absolute atomic E-state index is 0.0202. The Bertz CT molecular complexity index is 1720. The molecule has 5 heterocycles. The number of piperidine rings is 2. The highest BCUT2D eigenvalue weighted by Crippen LogP contribution is 2.31. The molecule has 0 aliphatic carbocycles. The first-order valence-corrected chi connectivity index (χ1v) is 17.2. The molecule has 0 bridgehead atoms. The van der Waals surface area contributed by atoms with E-state index in [0.717, 1.165) is 70.6 Å². The van der Waals surface area contributed by atoms with Gasteiger partial charge >= 0.3 is 0 Å². The molecule has 48 heavy (non-hydrogen) atoms. The van der Waals surface area contributed by atoms with Crippen molar-refractivity contribution in [1.82, 2.24) is 40.2 Å². The van der Waals surface area contributed by atoms with Crippen molar-refractivity contribution in [3.8, 4) is 17.1 Å². The van der Waals surface area contributed by atoms with Gasteiger partial charge in [-0.15, -0.1) is 5.10 Å². The van der Waals surface area contributed by atoms with E-state index >= 15 is 0 Å². The molecule has 3 aliphatic rings. The Morgan fingerprint density at radius 1 is 0.854 bits per heavy atom. The Labute approximate surface area is 288 Å². The summed E-state index contributed by atoms with van der Waals surface area (Å²) in [7, 11) is 0. The van der Waals surface area contributed by atoms with Crippen molar-refractivity contribution in [2.45, 2.75) is 44.7 Å². The third-order valence-electron chi connectivity index (χ3n) is 9.04. The van der Waals surface area contributed by atoms with Gasteiger partial charge in [0.1, 0.15) is 5.82 Å². The van der Waals surface area contributed by atoms with Gasteiger partial charge in [0.2, 0.25) is 11.9 Å². The van der Waals surface area contributed by atoms with Gasteiger partial charge in [-0.2, -0.15) is 19.6 Å². The molecule has 1 amide bonds. The minimum atomic E-state index is -0.437. The van der Waals surface area contributed by atoms with E-state index in [2.05, 4.69) is 30.3 Å². The van der Waals surface area contributed by atoms with E-state index < -0.39 is 5.82 Å². The first kappa shape index (κ1) is 32.6. The van der Waals surface area contributed by atoms with Crippen LogP contribution in [0, 0.1) is 5.82 Å². The van der Waals surface area contributed by atoms with Crippen molar-refractivity contribution in [3.63, 3.8) is 0 Å². The van der Waals surface area contributed by atoms with Crippen LogP contribution >= 0.6 is 23.2 Å². The summed E-state index contributed by atoms with van der Waals surface area (Å²) in [5.41, 5.74) is 2.27. The number of anilines is 2. The Morgan fingerprint density at radius 3 is 2.29 bits per heavy atom. The summed E-state index contributed by atoms with van der Waals surface area (Å²) in [4.78, 5) is 34.4. The standard InChI is InChI=1S/C33H37Cl2FN10O2/c34-28-7-4-22(18-29(28)35)27-19-23(36)5-6-26(27)30(47)37-24-8-12-43(13-9-24)20-25-21-46(42-41-25)33-39-31(44-10-2-1-3-11-44)38-32(40-33)45-14-16-48-17-15-45/h4-7,18-19,21,24H,1-3,8-17,20H2,(H,37,47). The van der Waals surface area contributed by atoms with Crippen molar-refractivity contribution in [2.24, 2.45) is 0 Å². The number of nitrogens with zero attached hydrogens (tertiary/aromatic N) is 9. The quantitative estimate of drug-likeness (QED) is 0.276. The second kappa shape index (κ2) is 14.7. The third kappa shape index (κ3) is 7.54. The maximum atomic E-state index is 14.2. The van der Waals surface area contributed by atoms with Crippen molar-refractivity contribution in [2.75, 3.05) is 62.3 Å². The normalized spacial score (nSPS) is 17.9. The van der Waals surface area contributed by atoms with E-state index in [1.165, 1.54) is 24.6 Å². The number of nitrogens with one attached hydrogen (secondary N) is 1. The predicted octanol–water partition coefficient (Wildman–Crippen LogP) is 4.79. The number of halogens is 3. The van der Waals surface area contributed by atoms with Gasteiger partial charge in [0.15, 0.2) is 0 Å². The molecular formula is C33H37Cl2FN10O2. The third-order valence-corrected chi connectivity index (χ3v) is 9.78. The molecule has 7 rings (SSSR count). The second-order valence-electron chi connectivity index (χ2n) is 12.4. The number of amides is 1. The number of rotatable bonds is 8. The van der Waals surface area contributed by atoms with Crippen LogP contribution in [0.3, 0.4) is 0 Å². The maximum absolute atomic E-state index is 14.2. The zero-order valence-corrected chi connectivity index (χ0v) is 28.0. The van der Waals surface area contributed by atoms with E-state index in [0.29, 0.717) is 64.3 Å². The van der Waals surface area contributed by atoms with Gasteiger partial charge in [0, 0.05) is 57.4 Å². The van der Waals surface area contributed by atoms with E-state index in [1.54, 1.807) is 22.9 Å². The number of carbonyl (C=O) groups is 1. The van der Waals surface area contributed by atoms with Crippen LogP contribution in [0.5, 0.6) is 0 Å². The number of aromatic nitrogens is 6. The second-order valence-corrected chi connectivity index (χ2v) is 13.2. The molecular weight excluding hydrogens is 658 g/mol. The van der Waals surface area contributed by atoms with Gasteiger partial charge in [-0.1, -0.05) is 34.5 Å². The average molecular weight is 696 g/mol. The van der Waals surface area contributed by atoms with Crippen LogP contribution in [0.25, 0.3) is 17.1 Å². The number of benzene rings is 2. The predicted molar refractivity (Wildman–Crippen MR) is 181 cm³/mol. The zero-order valence-electron chi connectivity index (χ0n) is 26.5. The number of likely N-dealkylation sites (tertiary alicyclic amines) is 1. The molecule has 0 radical (unpaired) electrons. The smallest absolute Gasteiger partial charge is 0.258 e. The molecule has 3 fully saturated rings. The summed E-state index contributed by atoms with van der Waals surface area (Å²) < 4.78 is 21.4. The number of ether oxygens (including phenoxy) is 1. The van der Waals surface area contributed by atoms with Crippen LogP contribution in [-0.2, 0) is 11.3 Å². The van der Waals surface area contributed by atoms with Gasteiger partial charge in [0.05, 0.1) is 35.1 Å². The van der Waals surface area contributed by atoms with Crippen molar-refractivity contribution in [3.05, 3.63) is 69.7 Å². The lowest BCUT2D eigenvalue weighted by Gasteiger charge is -2.32. The molecule has 252 valence electrons. The number of carbonyl (C=O) groups excluding carboxylic acids is 1. The summed E-state index contributed by atoms with van der Waals surface area (Å²) >= 11 is 12.3. The maximum Gasteiger partial charge on any atom is 0.258 e. The molecule has 2 aromatic heterocycles. The molecule has 15 heteroatoms. The summed E-state index contributed by atoms with van der Waals surface area (Å²) in [5.74, 6) is 1.07.